The molecule has 0 aromatic heterocycles. The second-order valence-electron chi connectivity index (χ2n) is 4.94. The van der Waals surface area contributed by atoms with Gasteiger partial charge in [0.2, 0.25) is 0 Å². The average Bonchev–Trinajstić information content (AvgIpc) is 2.49. The van der Waals surface area contributed by atoms with Crippen molar-refractivity contribution in [2.45, 2.75) is 12.5 Å². The van der Waals surface area contributed by atoms with E-state index >= 15 is 0 Å². The van der Waals surface area contributed by atoms with Crippen LogP contribution in [-0.4, -0.2) is 13.2 Å². The second kappa shape index (κ2) is 6.12. The molecule has 1 atom stereocenters. The van der Waals surface area contributed by atoms with Crippen molar-refractivity contribution in [3.63, 3.8) is 0 Å². The predicted molar refractivity (Wildman–Crippen MR) is 81.4 cm³/mol. The van der Waals surface area contributed by atoms with E-state index < -0.39 is 11.6 Å². The van der Waals surface area contributed by atoms with Crippen molar-refractivity contribution in [2.24, 2.45) is 0 Å². The molecule has 0 spiro atoms. The standard InChI is InChI=1S/C16H14BrF2NO/c17-12-7-15(14(19)8-13(12)18)20-9-16-11-4-2-1-3-10(11)5-6-21-16/h1-4,7-8,16,20H,5-6,9H2. The van der Waals surface area contributed by atoms with Crippen LogP contribution in [0.25, 0.3) is 0 Å². The molecule has 0 saturated heterocycles. The van der Waals surface area contributed by atoms with Crippen LogP contribution < -0.4 is 5.32 Å². The fraction of sp³-hybridized carbons (Fsp3) is 0.250. The van der Waals surface area contributed by atoms with E-state index in [0.29, 0.717) is 13.2 Å². The lowest BCUT2D eigenvalue weighted by Gasteiger charge is -2.26. The van der Waals surface area contributed by atoms with Gasteiger partial charge in [0.25, 0.3) is 0 Å². The maximum atomic E-state index is 13.7. The molecule has 2 aromatic rings. The predicted octanol–water partition coefficient (Wildman–Crippen LogP) is 4.45. The summed E-state index contributed by atoms with van der Waals surface area (Å²) in [6, 6.07) is 10.3. The Hall–Kier alpha value is -1.46. The summed E-state index contributed by atoms with van der Waals surface area (Å²) in [5, 5.41) is 2.99. The number of benzene rings is 2. The van der Waals surface area contributed by atoms with E-state index in [-0.39, 0.29) is 16.3 Å². The fourth-order valence-electron chi connectivity index (χ4n) is 2.51. The zero-order valence-corrected chi connectivity index (χ0v) is 12.8. The number of fused-ring (bicyclic) bond motifs is 1. The molecule has 0 aliphatic carbocycles. The van der Waals surface area contributed by atoms with Gasteiger partial charge in [0.1, 0.15) is 11.6 Å². The summed E-state index contributed by atoms with van der Waals surface area (Å²) >= 11 is 3.06. The summed E-state index contributed by atoms with van der Waals surface area (Å²) in [5.41, 5.74) is 2.64. The van der Waals surface area contributed by atoms with Gasteiger partial charge in [-0.15, -0.1) is 0 Å². The summed E-state index contributed by atoms with van der Waals surface area (Å²) in [4.78, 5) is 0. The first kappa shape index (κ1) is 14.5. The van der Waals surface area contributed by atoms with Gasteiger partial charge in [-0.3, -0.25) is 0 Å². The van der Waals surface area contributed by atoms with E-state index in [1.165, 1.54) is 11.6 Å². The zero-order chi connectivity index (χ0) is 14.8. The SMILES string of the molecule is Fc1cc(F)c(NCC2OCCc3ccccc32)cc1Br. The minimum Gasteiger partial charge on any atom is -0.380 e. The second-order valence-corrected chi connectivity index (χ2v) is 5.79. The van der Waals surface area contributed by atoms with Gasteiger partial charge in [-0.05, 0) is 39.5 Å². The monoisotopic (exact) mass is 353 g/mol. The molecule has 2 aromatic carbocycles. The lowest BCUT2D eigenvalue weighted by atomic mass is 9.97. The highest BCUT2D eigenvalue weighted by Crippen LogP contribution is 2.29. The van der Waals surface area contributed by atoms with Crippen LogP contribution in [0.1, 0.15) is 17.2 Å². The van der Waals surface area contributed by atoms with Crippen LogP contribution in [0.15, 0.2) is 40.9 Å². The summed E-state index contributed by atoms with van der Waals surface area (Å²) in [5.74, 6) is -1.22. The number of nitrogens with one attached hydrogen (secondary N) is 1. The van der Waals surface area contributed by atoms with Crippen LogP contribution in [0.3, 0.4) is 0 Å². The van der Waals surface area contributed by atoms with Gasteiger partial charge in [-0.2, -0.15) is 0 Å². The quantitative estimate of drug-likeness (QED) is 0.823. The van der Waals surface area contributed by atoms with E-state index in [1.807, 2.05) is 18.2 Å². The Morgan fingerprint density at radius 2 is 2.00 bits per heavy atom. The van der Waals surface area contributed by atoms with Crippen molar-refractivity contribution in [3.8, 4) is 0 Å². The van der Waals surface area contributed by atoms with E-state index in [0.717, 1.165) is 18.1 Å². The summed E-state index contributed by atoms with van der Waals surface area (Å²) in [6.07, 6.45) is 0.765. The molecular formula is C16H14BrF2NO. The zero-order valence-electron chi connectivity index (χ0n) is 11.2. The molecule has 5 heteroatoms. The third kappa shape index (κ3) is 3.09. The molecule has 21 heavy (non-hydrogen) atoms. The van der Waals surface area contributed by atoms with Crippen LogP contribution in [0.2, 0.25) is 0 Å². The fourth-order valence-corrected chi connectivity index (χ4v) is 2.85. The molecule has 1 aliphatic heterocycles. The highest BCUT2D eigenvalue weighted by molar-refractivity contribution is 9.10. The number of halogens is 3. The van der Waals surface area contributed by atoms with Gasteiger partial charge in [0, 0.05) is 12.6 Å². The molecule has 1 heterocycles. The summed E-state index contributed by atoms with van der Waals surface area (Å²) < 4.78 is 32.9. The third-order valence-corrected chi connectivity index (χ3v) is 4.19. The molecule has 0 bridgehead atoms. The summed E-state index contributed by atoms with van der Waals surface area (Å²) in [6.45, 7) is 1.09. The highest BCUT2D eigenvalue weighted by Gasteiger charge is 2.20. The van der Waals surface area contributed by atoms with Crippen molar-refractivity contribution in [3.05, 3.63) is 63.6 Å². The van der Waals surface area contributed by atoms with E-state index in [9.17, 15) is 8.78 Å². The molecule has 0 fully saturated rings. The van der Waals surface area contributed by atoms with Crippen LogP contribution in [0.4, 0.5) is 14.5 Å². The van der Waals surface area contributed by atoms with Gasteiger partial charge < -0.3 is 10.1 Å². The van der Waals surface area contributed by atoms with Gasteiger partial charge in [0.15, 0.2) is 0 Å². The topological polar surface area (TPSA) is 21.3 Å². The van der Waals surface area contributed by atoms with E-state index in [4.69, 9.17) is 4.74 Å². The Morgan fingerprint density at radius 3 is 2.86 bits per heavy atom. The number of hydrogen-bond donors (Lipinski definition) is 1. The average molecular weight is 354 g/mol. The highest BCUT2D eigenvalue weighted by atomic mass is 79.9. The van der Waals surface area contributed by atoms with Crippen molar-refractivity contribution in [1.82, 2.24) is 0 Å². The normalized spacial score (nSPS) is 17.4. The largest absolute Gasteiger partial charge is 0.380 e. The van der Waals surface area contributed by atoms with Crippen LogP contribution >= 0.6 is 15.9 Å². The maximum absolute atomic E-state index is 13.7. The Kier molecular flexibility index (Phi) is 4.22. The van der Waals surface area contributed by atoms with Crippen LogP contribution in [0, 0.1) is 11.6 Å². The van der Waals surface area contributed by atoms with Gasteiger partial charge >= 0.3 is 0 Å². The Bertz CT molecular complexity index is 663. The third-order valence-electron chi connectivity index (χ3n) is 3.58. The first-order valence-corrected chi connectivity index (χ1v) is 7.52. The van der Waals surface area contributed by atoms with Crippen molar-refractivity contribution in [2.75, 3.05) is 18.5 Å². The van der Waals surface area contributed by atoms with Crippen molar-refractivity contribution < 1.29 is 13.5 Å². The molecule has 0 amide bonds. The lowest BCUT2D eigenvalue weighted by Crippen LogP contribution is -2.23. The van der Waals surface area contributed by atoms with Crippen molar-refractivity contribution >= 4 is 21.6 Å². The molecular weight excluding hydrogens is 340 g/mol. The first-order valence-electron chi connectivity index (χ1n) is 6.73. The molecule has 3 rings (SSSR count). The minimum atomic E-state index is -0.614. The molecule has 1 aliphatic rings. The maximum Gasteiger partial charge on any atom is 0.149 e. The number of ether oxygens (including phenoxy) is 1. The number of rotatable bonds is 3. The minimum absolute atomic E-state index is 0.127. The molecule has 1 N–H and O–H groups in total. The number of anilines is 1. The van der Waals surface area contributed by atoms with E-state index in [1.54, 1.807) is 0 Å². The smallest absolute Gasteiger partial charge is 0.149 e. The van der Waals surface area contributed by atoms with Gasteiger partial charge in [-0.1, -0.05) is 24.3 Å². The first-order chi connectivity index (χ1) is 10.1. The molecule has 0 radical (unpaired) electrons. The van der Waals surface area contributed by atoms with Crippen molar-refractivity contribution in [1.29, 1.82) is 0 Å². The molecule has 2 nitrogen and oxygen atoms in total. The van der Waals surface area contributed by atoms with Crippen LogP contribution in [-0.2, 0) is 11.2 Å². The van der Waals surface area contributed by atoms with Crippen LogP contribution in [0.5, 0.6) is 0 Å². The lowest BCUT2D eigenvalue weighted by molar-refractivity contribution is 0.0513. The Labute approximate surface area is 130 Å². The Balaban J connectivity index is 1.76. The van der Waals surface area contributed by atoms with E-state index in [2.05, 4.69) is 27.3 Å². The van der Waals surface area contributed by atoms with Gasteiger partial charge in [-0.25, -0.2) is 8.78 Å². The number of hydrogen-bond acceptors (Lipinski definition) is 2. The Morgan fingerprint density at radius 1 is 1.19 bits per heavy atom. The molecule has 0 saturated carbocycles. The van der Waals surface area contributed by atoms with Gasteiger partial charge in [0.05, 0.1) is 22.9 Å². The summed E-state index contributed by atoms with van der Waals surface area (Å²) in [7, 11) is 0. The molecule has 110 valence electrons. The molecule has 1 unspecified atom stereocenters.